The van der Waals surface area contributed by atoms with Crippen LogP contribution in [0.15, 0.2) is 54.6 Å². The van der Waals surface area contributed by atoms with E-state index in [0.717, 1.165) is 44.0 Å². The predicted molar refractivity (Wildman–Crippen MR) is 129 cm³/mol. The summed E-state index contributed by atoms with van der Waals surface area (Å²) in [6.45, 7) is 10.3. The van der Waals surface area contributed by atoms with Gasteiger partial charge in [-0.15, -0.1) is 0 Å². The van der Waals surface area contributed by atoms with Gasteiger partial charge in [-0.2, -0.15) is 0 Å². The second-order valence-corrected chi connectivity index (χ2v) is 9.34. The maximum Gasteiger partial charge on any atom is 0.408 e. The number of piperazine rings is 1. The zero-order valence-electron chi connectivity index (χ0n) is 20.0. The molecule has 7 nitrogen and oxygen atoms in total. The van der Waals surface area contributed by atoms with E-state index in [-0.39, 0.29) is 0 Å². The topological polar surface area (TPSA) is 71.1 Å². The second kappa shape index (κ2) is 11.2. The lowest BCUT2D eigenvalue weighted by molar-refractivity contribution is -0.143. The Labute approximate surface area is 196 Å². The highest BCUT2D eigenvalue weighted by Gasteiger charge is 2.25. The molecule has 1 amide bonds. The SMILES string of the molecule is COC(=O)[C@H](Cc1ccc(N2CCN(Cc3ccccc3)CC2)cc1)NC(=O)OC(C)(C)C. The summed E-state index contributed by atoms with van der Waals surface area (Å²) in [4.78, 5) is 29.2. The molecule has 2 aromatic rings. The van der Waals surface area contributed by atoms with E-state index in [1.165, 1.54) is 12.7 Å². The Morgan fingerprint density at radius 1 is 0.939 bits per heavy atom. The van der Waals surface area contributed by atoms with Gasteiger partial charge in [0.25, 0.3) is 0 Å². The van der Waals surface area contributed by atoms with E-state index in [1.54, 1.807) is 20.8 Å². The summed E-state index contributed by atoms with van der Waals surface area (Å²) >= 11 is 0. The maximum absolute atomic E-state index is 12.2. The molecule has 1 atom stereocenters. The molecule has 0 aliphatic carbocycles. The van der Waals surface area contributed by atoms with Crippen LogP contribution in [-0.4, -0.2) is 61.9 Å². The molecule has 1 saturated heterocycles. The summed E-state index contributed by atoms with van der Waals surface area (Å²) in [6.07, 6.45) is -0.306. The summed E-state index contributed by atoms with van der Waals surface area (Å²) in [6, 6.07) is 17.9. The van der Waals surface area contributed by atoms with Gasteiger partial charge in [0.1, 0.15) is 11.6 Å². The number of ether oxygens (including phenoxy) is 2. The highest BCUT2D eigenvalue weighted by molar-refractivity contribution is 5.81. The molecule has 7 heteroatoms. The number of hydrogen-bond donors (Lipinski definition) is 1. The van der Waals surface area contributed by atoms with Crippen molar-refractivity contribution in [2.45, 2.75) is 45.4 Å². The molecule has 33 heavy (non-hydrogen) atoms. The molecule has 3 rings (SSSR count). The standard InChI is InChI=1S/C26H35N3O4/c1-26(2,3)33-25(31)27-23(24(30)32-4)18-20-10-12-22(13-11-20)29-16-14-28(15-17-29)19-21-8-6-5-7-9-21/h5-13,23H,14-19H2,1-4H3,(H,27,31)/t23-/m0/s1. The first kappa shape index (κ1) is 24.6. The van der Waals surface area contributed by atoms with Crippen LogP contribution in [0.3, 0.4) is 0 Å². The number of methoxy groups -OCH3 is 1. The third-order valence-corrected chi connectivity index (χ3v) is 5.54. The lowest BCUT2D eigenvalue weighted by Crippen LogP contribution is -2.46. The van der Waals surface area contributed by atoms with Crippen molar-refractivity contribution in [1.29, 1.82) is 0 Å². The van der Waals surface area contributed by atoms with E-state index in [9.17, 15) is 9.59 Å². The average molecular weight is 454 g/mol. The Balaban J connectivity index is 1.54. The van der Waals surface area contributed by atoms with Gasteiger partial charge in [0.15, 0.2) is 0 Å². The van der Waals surface area contributed by atoms with Crippen LogP contribution in [0.2, 0.25) is 0 Å². The molecule has 1 heterocycles. The lowest BCUT2D eigenvalue weighted by Gasteiger charge is -2.36. The van der Waals surface area contributed by atoms with Crippen molar-refractivity contribution in [2.24, 2.45) is 0 Å². The van der Waals surface area contributed by atoms with Crippen molar-refractivity contribution in [3.63, 3.8) is 0 Å². The Morgan fingerprint density at radius 3 is 2.15 bits per heavy atom. The van der Waals surface area contributed by atoms with Crippen molar-refractivity contribution in [3.05, 3.63) is 65.7 Å². The third-order valence-electron chi connectivity index (χ3n) is 5.54. The minimum absolute atomic E-state index is 0.330. The number of benzene rings is 2. The minimum atomic E-state index is -0.808. The van der Waals surface area contributed by atoms with Gasteiger partial charge in [0.2, 0.25) is 0 Å². The average Bonchev–Trinajstić information content (AvgIpc) is 2.78. The number of carbonyl (C=O) groups is 2. The van der Waals surface area contributed by atoms with Crippen LogP contribution in [0.4, 0.5) is 10.5 Å². The Bertz CT molecular complexity index is 901. The minimum Gasteiger partial charge on any atom is -0.467 e. The van der Waals surface area contributed by atoms with Gasteiger partial charge in [0, 0.05) is 44.8 Å². The summed E-state index contributed by atoms with van der Waals surface area (Å²) < 4.78 is 10.1. The molecule has 1 aliphatic rings. The molecule has 0 spiro atoms. The largest absolute Gasteiger partial charge is 0.467 e. The van der Waals surface area contributed by atoms with Crippen LogP contribution in [-0.2, 0) is 27.2 Å². The van der Waals surface area contributed by atoms with E-state index >= 15 is 0 Å². The third kappa shape index (κ3) is 7.79. The van der Waals surface area contributed by atoms with Crippen LogP contribution in [0.5, 0.6) is 0 Å². The van der Waals surface area contributed by atoms with Crippen LogP contribution in [0.1, 0.15) is 31.9 Å². The van der Waals surface area contributed by atoms with Crippen molar-refractivity contribution in [3.8, 4) is 0 Å². The second-order valence-electron chi connectivity index (χ2n) is 9.34. The molecular formula is C26H35N3O4. The zero-order chi connectivity index (χ0) is 23.8. The smallest absolute Gasteiger partial charge is 0.408 e. The number of carbonyl (C=O) groups excluding carboxylic acids is 2. The van der Waals surface area contributed by atoms with E-state index in [0.29, 0.717) is 6.42 Å². The first-order chi connectivity index (χ1) is 15.7. The first-order valence-corrected chi connectivity index (χ1v) is 11.4. The summed E-state index contributed by atoms with van der Waals surface area (Å²) in [7, 11) is 1.31. The number of nitrogens with zero attached hydrogens (tertiary/aromatic N) is 2. The van der Waals surface area contributed by atoms with Gasteiger partial charge in [-0.3, -0.25) is 4.90 Å². The number of amides is 1. The van der Waals surface area contributed by atoms with Crippen LogP contribution in [0.25, 0.3) is 0 Å². The molecule has 0 unspecified atom stereocenters. The fourth-order valence-electron chi connectivity index (χ4n) is 3.87. The number of esters is 1. The Morgan fingerprint density at radius 2 is 1.58 bits per heavy atom. The molecular weight excluding hydrogens is 418 g/mol. The van der Waals surface area contributed by atoms with Gasteiger partial charge in [0.05, 0.1) is 7.11 Å². The molecule has 178 valence electrons. The molecule has 0 saturated carbocycles. The molecule has 1 fully saturated rings. The van der Waals surface area contributed by atoms with Gasteiger partial charge in [-0.05, 0) is 44.0 Å². The summed E-state index contributed by atoms with van der Waals surface area (Å²) in [5, 5.41) is 2.62. The Hall–Kier alpha value is -3.06. The van der Waals surface area contributed by atoms with Crippen molar-refractivity contribution in [1.82, 2.24) is 10.2 Å². The Kier molecular flexibility index (Phi) is 8.33. The molecule has 0 bridgehead atoms. The van der Waals surface area contributed by atoms with Gasteiger partial charge >= 0.3 is 12.1 Å². The summed E-state index contributed by atoms with van der Waals surface area (Å²) in [5.74, 6) is -0.500. The quantitative estimate of drug-likeness (QED) is 0.646. The number of alkyl carbamates (subject to hydrolysis) is 1. The van der Waals surface area contributed by atoms with E-state index in [1.807, 2.05) is 18.2 Å². The van der Waals surface area contributed by atoms with Gasteiger partial charge in [-0.25, -0.2) is 9.59 Å². The highest BCUT2D eigenvalue weighted by atomic mass is 16.6. The van der Waals surface area contributed by atoms with E-state index in [2.05, 4.69) is 51.5 Å². The zero-order valence-corrected chi connectivity index (χ0v) is 20.0. The number of nitrogens with one attached hydrogen (secondary N) is 1. The van der Waals surface area contributed by atoms with E-state index < -0.39 is 23.7 Å². The summed E-state index contributed by atoms with van der Waals surface area (Å²) in [5.41, 5.74) is 2.80. The van der Waals surface area contributed by atoms with Crippen molar-refractivity contribution >= 4 is 17.7 Å². The van der Waals surface area contributed by atoms with Crippen molar-refractivity contribution < 1.29 is 19.1 Å². The van der Waals surface area contributed by atoms with Crippen LogP contribution >= 0.6 is 0 Å². The van der Waals surface area contributed by atoms with Crippen LogP contribution in [0, 0.1) is 0 Å². The van der Waals surface area contributed by atoms with Gasteiger partial charge in [-0.1, -0.05) is 42.5 Å². The first-order valence-electron chi connectivity index (χ1n) is 11.4. The highest BCUT2D eigenvalue weighted by Crippen LogP contribution is 2.19. The predicted octanol–water partition coefficient (Wildman–Crippen LogP) is 3.62. The van der Waals surface area contributed by atoms with Crippen LogP contribution < -0.4 is 10.2 Å². The number of rotatable bonds is 7. The molecule has 0 radical (unpaired) electrons. The molecule has 2 aromatic carbocycles. The monoisotopic (exact) mass is 453 g/mol. The normalized spacial score (nSPS) is 15.6. The number of hydrogen-bond acceptors (Lipinski definition) is 6. The molecule has 0 aromatic heterocycles. The van der Waals surface area contributed by atoms with Crippen molar-refractivity contribution in [2.75, 3.05) is 38.2 Å². The maximum atomic E-state index is 12.2. The fourth-order valence-corrected chi connectivity index (χ4v) is 3.87. The van der Waals surface area contributed by atoms with E-state index in [4.69, 9.17) is 9.47 Å². The molecule has 1 N–H and O–H groups in total. The van der Waals surface area contributed by atoms with Gasteiger partial charge < -0.3 is 19.7 Å². The lowest BCUT2D eigenvalue weighted by atomic mass is 10.1. The fraction of sp³-hybridized carbons (Fsp3) is 0.462. The molecule has 1 aliphatic heterocycles. The number of anilines is 1.